The van der Waals surface area contributed by atoms with Gasteiger partial charge in [-0.25, -0.2) is 9.59 Å². The predicted octanol–water partition coefficient (Wildman–Crippen LogP) is 5.14. The SMILES string of the molecule is C=CC(=O)OC(C)Oc1ccc(C(CC)c2ccc(OC(C)OC(=O)C=C)cc2)cc1. The molecule has 0 aliphatic carbocycles. The topological polar surface area (TPSA) is 71.1 Å². The fraction of sp³-hybridized carbons (Fsp3) is 0.280. The molecule has 0 N–H and O–H groups in total. The third-order valence-electron chi connectivity index (χ3n) is 4.47. The number of esters is 2. The molecule has 0 amide bonds. The predicted molar refractivity (Wildman–Crippen MR) is 118 cm³/mol. The Bertz CT molecular complexity index is 812. The molecule has 2 aromatic carbocycles. The van der Waals surface area contributed by atoms with Crippen LogP contribution in [0.1, 0.15) is 44.2 Å². The second kappa shape index (κ2) is 11.6. The van der Waals surface area contributed by atoms with E-state index in [0.717, 1.165) is 29.7 Å². The molecule has 2 atom stereocenters. The van der Waals surface area contributed by atoms with Crippen LogP contribution in [-0.4, -0.2) is 24.5 Å². The Morgan fingerprint density at radius 2 is 1.13 bits per heavy atom. The van der Waals surface area contributed by atoms with Crippen molar-refractivity contribution in [3.05, 3.63) is 85.0 Å². The first-order valence-corrected chi connectivity index (χ1v) is 10.1. The maximum atomic E-state index is 11.2. The van der Waals surface area contributed by atoms with E-state index in [1.807, 2.05) is 48.5 Å². The Balaban J connectivity index is 2.03. The number of hydrogen-bond acceptors (Lipinski definition) is 6. The van der Waals surface area contributed by atoms with Crippen LogP contribution in [0.25, 0.3) is 0 Å². The fourth-order valence-electron chi connectivity index (χ4n) is 3.08. The zero-order valence-corrected chi connectivity index (χ0v) is 18.1. The molecule has 6 nitrogen and oxygen atoms in total. The Hall–Kier alpha value is -3.54. The number of hydrogen-bond donors (Lipinski definition) is 0. The van der Waals surface area contributed by atoms with E-state index in [4.69, 9.17) is 18.9 Å². The molecule has 2 unspecified atom stereocenters. The average molecular weight is 424 g/mol. The molecular formula is C25H28O6. The van der Waals surface area contributed by atoms with Crippen LogP contribution in [0.2, 0.25) is 0 Å². The molecule has 0 saturated heterocycles. The molecule has 6 heteroatoms. The van der Waals surface area contributed by atoms with Crippen molar-refractivity contribution in [2.24, 2.45) is 0 Å². The van der Waals surface area contributed by atoms with Crippen molar-refractivity contribution in [1.82, 2.24) is 0 Å². The summed E-state index contributed by atoms with van der Waals surface area (Å²) in [5.41, 5.74) is 2.26. The largest absolute Gasteiger partial charge is 0.455 e. The molecule has 0 spiro atoms. The zero-order chi connectivity index (χ0) is 22.8. The van der Waals surface area contributed by atoms with E-state index in [0.29, 0.717) is 11.5 Å². The lowest BCUT2D eigenvalue weighted by Gasteiger charge is -2.19. The van der Waals surface area contributed by atoms with Crippen molar-refractivity contribution in [1.29, 1.82) is 0 Å². The van der Waals surface area contributed by atoms with Gasteiger partial charge in [0.2, 0.25) is 12.6 Å². The highest BCUT2D eigenvalue weighted by Gasteiger charge is 2.14. The number of benzene rings is 2. The molecular weight excluding hydrogens is 396 g/mol. The smallest absolute Gasteiger partial charge is 0.333 e. The highest BCUT2D eigenvalue weighted by Crippen LogP contribution is 2.30. The highest BCUT2D eigenvalue weighted by molar-refractivity contribution is 5.81. The van der Waals surface area contributed by atoms with Crippen molar-refractivity contribution in [3.8, 4) is 11.5 Å². The minimum absolute atomic E-state index is 0.190. The Morgan fingerprint density at radius 1 is 0.774 bits per heavy atom. The van der Waals surface area contributed by atoms with Gasteiger partial charge in [-0.1, -0.05) is 44.3 Å². The minimum Gasteiger partial charge on any atom is -0.455 e. The number of rotatable bonds is 11. The molecule has 2 aromatic rings. The van der Waals surface area contributed by atoms with Crippen LogP contribution in [0, 0.1) is 0 Å². The van der Waals surface area contributed by atoms with Crippen LogP contribution >= 0.6 is 0 Å². The molecule has 0 radical (unpaired) electrons. The van der Waals surface area contributed by atoms with Gasteiger partial charge in [0.15, 0.2) is 0 Å². The summed E-state index contributed by atoms with van der Waals surface area (Å²) >= 11 is 0. The van der Waals surface area contributed by atoms with Crippen LogP contribution in [0.15, 0.2) is 73.8 Å². The first-order valence-electron chi connectivity index (χ1n) is 10.1. The van der Waals surface area contributed by atoms with Crippen molar-refractivity contribution < 1.29 is 28.5 Å². The monoisotopic (exact) mass is 424 g/mol. The maximum absolute atomic E-state index is 11.2. The first-order chi connectivity index (χ1) is 14.9. The highest BCUT2D eigenvalue weighted by atomic mass is 16.7. The summed E-state index contributed by atoms with van der Waals surface area (Å²) in [5, 5.41) is 0. The van der Waals surface area contributed by atoms with Crippen LogP contribution in [0.3, 0.4) is 0 Å². The second-order valence-corrected chi connectivity index (χ2v) is 6.75. The van der Waals surface area contributed by atoms with Crippen LogP contribution in [0.4, 0.5) is 0 Å². The Morgan fingerprint density at radius 3 is 1.42 bits per heavy atom. The van der Waals surface area contributed by atoms with Crippen LogP contribution in [-0.2, 0) is 19.1 Å². The van der Waals surface area contributed by atoms with E-state index in [1.54, 1.807) is 13.8 Å². The first kappa shape index (κ1) is 23.7. The summed E-state index contributed by atoms with van der Waals surface area (Å²) in [6.07, 6.45) is 1.68. The van der Waals surface area contributed by atoms with Crippen LogP contribution in [0.5, 0.6) is 11.5 Å². The number of carbonyl (C=O) groups excluding carboxylic acids is 2. The molecule has 0 aromatic heterocycles. The molecule has 2 rings (SSSR count). The van der Waals surface area contributed by atoms with Gasteiger partial charge < -0.3 is 18.9 Å². The van der Waals surface area contributed by atoms with Gasteiger partial charge in [-0.05, 0) is 41.8 Å². The van der Waals surface area contributed by atoms with E-state index >= 15 is 0 Å². The number of carbonyl (C=O) groups is 2. The van der Waals surface area contributed by atoms with E-state index in [-0.39, 0.29) is 5.92 Å². The van der Waals surface area contributed by atoms with Gasteiger partial charge >= 0.3 is 11.9 Å². The molecule has 0 bridgehead atoms. The summed E-state index contributed by atoms with van der Waals surface area (Å²) in [6.45, 7) is 12.1. The van der Waals surface area contributed by atoms with Crippen molar-refractivity contribution in [3.63, 3.8) is 0 Å². The van der Waals surface area contributed by atoms with Gasteiger partial charge in [-0.15, -0.1) is 0 Å². The van der Waals surface area contributed by atoms with Gasteiger partial charge in [0, 0.05) is 31.9 Å². The van der Waals surface area contributed by atoms with Gasteiger partial charge in [0.1, 0.15) is 11.5 Å². The lowest BCUT2D eigenvalue weighted by Crippen LogP contribution is -2.19. The third-order valence-corrected chi connectivity index (χ3v) is 4.47. The van der Waals surface area contributed by atoms with E-state index in [1.165, 1.54) is 0 Å². The Kier molecular flexibility index (Phi) is 8.88. The van der Waals surface area contributed by atoms with E-state index < -0.39 is 24.5 Å². The van der Waals surface area contributed by atoms with Gasteiger partial charge in [0.05, 0.1) is 0 Å². The number of ether oxygens (including phenoxy) is 4. The molecule has 0 heterocycles. The van der Waals surface area contributed by atoms with Crippen molar-refractivity contribution in [2.75, 3.05) is 0 Å². The summed E-state index contributed by atoms with van der Waals surface area (Å²) < 4.78 is 21.2. The molecule has 0 aliphatic rings. The molecule has 31 heavy (non-hydrogen) atoms. The molecule has 0 saturated carbocycles. The minimum atomic E-state index is -0.709. The van der Waals surface area contributed by atoms with E-state index in [9.17, 15) is 9.59 Å². The standard InChI is InChI=1S/C25H28O6/c1-6-23(19-9-13-21(14-10-19)28-17(4)30-24(26)7-2)20-11-15-22(16-12-20)29-18(5)31-25(27)8-3/h7-18,23H,2-3,6H2,1,4-5H3. The van der Waals surface area contributed by atoms with Gasteiger partial charge in [-0.2, -0.15) is 0 Å². The van der Waals surface area contributed by atoms with Gasteiger partial charge in [0.25, 0.3) is 0 Å². The summed E-state index contributed by atoms with van der Waals surface area (Å²) in [6, 6.07) is 15.4. The van der Waals surface area contributed by atoms with E-state index in [2.05, 4.69) is 20.1 Å². The molecule has 164 valence electrons. The fourth-order valence-corrected chi connectivity index (χ4v) is 3.08. The quantitative estimate of drug-likeness (QED) is 0.283. The Labute approximate surface area is 183 Å². The summed E-state index contributed by atoms with van der Waals surface area (Å²) in [7, 11) is 0. The zero-order valence-electron chi connectivity index (χ0n) is 18.1. The normalized spacial score (nSPS) is 13.3. The molecule has 0 fully saturated rings. The third kappa shape index (κ3) is 7.33. The molecule has 0 aliphatic heterocycles. The van der Waals surface area contributed by atoms with Crippen LogP contribution < -0.4 is 9.47 Å². The lowest BCUT2D eigenvalue weighted by atomic mass is 9.89. The lowest BCUT2D eigenvalue weighted by molar-refractivity contribution is -0.156. The van der Waals surface area contributed by atoms with Crippen molar-refractivity contribution >= 4 is 11.9 Å². The summed E-state index contributed by atoms with van der Waals surface area (Å²) in [4.78, 5) is 22.5. The second-order valence-electron chi connectivity index (χ2n) is 6.75. The van der Waals surface area contributed by atoms with Gasteiger partial charge in [-0.3, -0.25) is 0 Å². The average Bonchev–Trinajstić information content (AvgIpc) is 2.76. The maximum Gasteiger partial charge on any atom is 0.333 e. The summed E-state index contributed by atoms with van der Waals surface area (Å²) in [5.74, 6) is 0.339. The van der Waals surface area contributed by atoms with Crippen molar-refractivity contribution in [2.45, 2.75) is 45.7 Å².